The Balaban J connectivity index is 2.13. The maximum absolute atomic E-state index is 8.59. The van der Waals surface area contributed by atoms with Crippen molar-refractivity contribution in [2.75, 3.05) is 0 Å². The maximum atomic E-state index is 8.59. The van der Waals surface area contributed by atoms with E-state index < -0.39 is 0 Å². The number of hydrogen-bond acceptors (Lipinski definition) is 3. The first-order chi connectivity index (χ1) is 9.67. The molecule has 0 radical (unpaired) electrons. The second-order valence-corrected chi connectivity index (χ2v) is 4.64. The first-order valence-corrected chi connectivity index (χ1v) is 6.45. The van der Waals surface area contributed by atoms with Crippen LogP contribution in [0.2, 0.25) is 5.02 Å². The van der Waals surface area contributed by atoms with Crippen molar-refractivity contribution in [3.63, 3.8) is 0 Å². The smallest absolute Gasteiger partial charge is 0.128 e. The van der Waals surface area contributed by atoms with Crippen molar-refractivity contribution in [1.29, 1.82) is 0 Å². The van der Waals surface area contributed by atoms with Gasteiger partial charge in [0.25, 0.3) is 0 Å². The van der Waals surface area contributed by atoms with Crippen molar-refractivity contribution in [2.24, 2.45) is 5.16 Å². The average molecular weight is 288 g/mol. The number of ether oxygens (including phenoxy) is 1. The Morgan fingerprint density at radius 3 is 2.60 bits per heavy atom. The molecular weight excluding hydrogens is 274 g/mol. The number of benzene rings is 2. The van der Waals surface area contributed by atoms with Crippen LogP contribution in [0.1, 0.15) is 12.5 Å². The highest BCUT2D eigenvalue weighted by atomic mass is 35.5. The van der Waals surface area contributed by atoms with E-state index in [1.807, 2.05) is 42.5 Å². The van der Waals surface area contributed by atoms with Crippen molar-refractivity contribution in [1.82, 2.24) is 0 Å². The zero-order chi connectivity index (χ0) is 14.4. The largest absolute Gasteiger partial charge is 0.457 e. The molecule has 0 aliphatic rings. The number of hydrogen-bond donors (Lipinski definition) is 1. The van der Waals surface area contributed by atoms with Gasteiger partial charge in [-0.3, -0.25) is 0 Å². The van der Waals surface area contributed by atoms with Gasteiger partial charge in [-0.1, -0.05) is 35.0 Å². The van der Waals surface area contributed by atoms with E-state index in [9.17, 15) is 0 Å². The molecule has 0 saturated carbocycles. The Bertz CT molecular complexity index is 633. The first-order valence-electron chi connectivity index (χ1n) is 6.07. The second-order valence-electron chi connectivity index (χ2n) is 4.20. The van der Waals surface area contributed by atoms with Gasteiger partial charge in [0.2, 0.25) is 0 Å². The summed E-state index contributed by atoms with van der Waals surface area (Å²) < 4.78 is 5.73. The quantitative estimate of drug-likeness (QED) is 0.489. The van der Waals surface area contributed by atoms with Crippen LogP contribution in [-0.2, 0) is 0 Å². The lowest BCUT2D eigenvalue weighted by Gasteiger charge is -2.06. The Kier molecular flexibility index (Phi) is 4.80. The number of oxime groups is 1. The summed E-state index contributed by atoms with van der Waals surface area (Å²) in [5, 5.41) is 12.3. The molecule has 0 aliphatic carbocycles. The van der Waals surface area contributed by atoms with Crippen LogP contribution in [0.5, 0.6) is 11.5 Å². The minimum absolute atomic E-state index is 0.536. The number of nitrogens with zero attached hydrogens (tertiary/aromatic N) is 1. The molecule has 102 valence electrons. The molecule has 2 aromatic carbocycles. The zero-order valence-corrected chi connectivity index (χ0v) is 11.7. The van der Waals surface area contributed by atoms with Crippen LogP contribution < -0.4 is 4.74 Å². The van der Waals surface area contributed by atoms with Gasteiger partial charge in [-0.2, -0.15) is 0 Å². The third-order valence-electron chi connectivity index (χ3n) is 2.58. The lowest BCUT2D eigenvalue weighted by atomic mass is 10.2. The van der Waals surface area contributed by atoms with Crippen molar-refractivity contribution in [3.8, 4) is 11.5 Å². The highest BCUT2D eigenvalue weighted by molar-refractivity contribution is 6.30. The van der Waals surface area contributed by atoms with Gasteiger partial charge in [0.15, 0.2) is 0 Å². The summed E-state index contributed by atoms with van der Waals surface area (Å²) in [5.74, 6) is 1.46. The molecular formula is C16H14ClNO2. The molecule has 1 N–H and O–H groups in total. The van der Waals surface area contributed by atoms with Gasteiger partial charge >= 0.3 is 0 Å². The molecule has 0 heterocycles. The third-order valence-corrected chi connectivity index (χ3v) is 2.83. The highest BCUT2D eigenvalue weighted by Gasteiger charge is 1.98. The summed E-state index contributed by atoms with van der Waals surface area (Å²) in [4.78, 5) is 0. The Morgan fingerprint density at radius 2 is 1.90 bits per heavy atom. The molecule has 0 amide bonds. The van der Waals surface area contributed by atoms with Crippen molar-refractivity contribution < 1.29 is 9.94 Å². The zero-order valence-electron chi connectivity index (χ0n) is 11.0. The van der Waals surface area contributed by atoms with Crippen LogP contribution in [0, 0.1) is 0 Å². The average Bonchev–Trinajstić information content (AvgIpc) is 2.47. The van der Waals surface area contributed by atoms with E-state index >= 15 is 0 Å². The van der Waals surface area contributed by atoms with Gasteiger partial charge in [-0.25, -0.2) is 0 Å². The summed E-state index contributed by atoms with van der Waals surface area (Å²) in [5.41, 5.74) is 1.49. The molecule has 0 aliphatic heterocycles. The normalized spacial score (nSPS) is 11.8. The molecule has 0 saturated heterocycles. The van der Waals surface area contributed by atoms with Crippen LogP contribution in [0.4, 0.5) is 0 Å². The van der Waals surface area contributed by atoms with E-state index in [1.54, 1.807) is 25.1 Å². The van der Waals surface area contributed by atoms with Gasteiger partial charge < -0.3 is 9.94 Å². The summed E-state index contributed by atoms with van der Waals surface area (Å²) >= 11 is 5.83. The molecule has 2 rings (SSSR count). The third kappa shape index (κ3) is 4.14. The second kappa shape index (κ2) is 6.78. The molecule has 0 unspecified atom stereocenters. The monoisotopic (exact) mass is 287 g/mol. The molecule has 3 nitrogen and oxygen atoms in total. The fourth-order valence-corrected chi connectivity index (χ4v) is 1.70. The van der Waals surface area contributed by atoms with E-state index in [1.165, 1.54) is 0 Å². The molecule has 0 bridgehead atoms. The lowest BCUT2D eigenvalue weighted by Crippen LogP contribution is -1.85. The maximum Gasteiger partial charge on any atom is 0.128 e. The van der Waals surface area contributed by atoms with E-state index in [0.29, 0.717) is 10.7 Å². The molecule has 4 heteroatoms. The predicted octanol–water partition coefficient (Wildman–Crippen LogP) is 5.00. The Hall–Kier alpha value is -2.26. The van der Waals surface area contributed by atoms with Crippen molar-refractivity contribution in [2.45, 2.75) is 6.92 Å². The van der Waals surface area contributed by atoms with Crippen LogP contribution in [0.25, 0.3) is 6.08 Å². The Labute approximate surface area is 122 Å². The van der Waals surface area contributed by atoms with Gasteiger partial charge in [0.05, 0.1) is 5.71 Å². The number of allylic oxidation sites excluding steroid dienone is 1. The minimum Gasteiger partial charge on any atom is -0.457 e. The SMILES string of the molecule is CC(/C=C/c1cccc(Oc2ccc(Cl)cc2)c1)=NO. The molecule has 0 aromatic heterocycles. The molecule has 0 fully saturated rings. The molecule has 0 atom stereocenters. The number of halogens is 1. The van der Waals surface area contributed by atoms with Gasteiger partial charge in [0, 0.05) is 5.02 Å². The predicted molar refractivity (Wildman–Crippen MR) is 81.9 cm³/mol. The van der Waals surface area contributed by atoms with Gasteiger partial charge in [-0.05, 0) is 55.0 Å². The standard InChI is InChI=1S/C16H14ClNO2/c1-12(18-19)5-6-13-3-2-4-16(11-13)20-15-9-7-14(17)8-10-15/h2-11,19H,1H3/b6-5+,18-12?. The van der Waals surface area contributed by atoms with Crippen molar-refractivity contribution >= 4 is 23.4 Å². The van der Waals surface area contributed by atoms with Crippen LogP contribution in [-0.4, -0.2) is 10.9 Å². The summed E-state index contributed by atoms with van der Waals surface area (Å²) in [6.45, 7) is 1.71. The first kappa shape index (κ1) is 14.2. The van der Waals surface area contributed by atoms with Crippen LogP contribution in [0.3, 0.4) is 0 Å². The van der Waals surface area contributed by atoms with E-state index in [4.69, 9.17) is 21.5 Å². The molecule has 0 spiro atoms. The van der Waals surface area contributed by atoms with Crippen molar-refractivity contribution in [3.05, 3.63) is 65.2 Å². The van der Waals surface area contributed by atoms with Gasteiger partial charge in [-0.15, -0.1) is 0 Å². The van der Waals surface area contributed by atoms with Crippen LogP contribution in [0.15, 0.2) is 59.8 Å². The number of rotatable bonds is 4. The summed E-state index contributed by atoms with van der Waals surface area (Å²) in [7, 11) is 0. The fourth-order valence-electron chi connectivity index (χ4n) is 1.57. The van der Waals surface area contributed by atoms with Crippen LogP contribution >= 0.6 is 11.6 Å². The van der Waals surface area contributed by atoms with E-state index in [2.05, 4.69) is 5.16 Å². The highest BCUT2D eigenvalue weighted by Crippen LogP contribution is 2.24. The summed E-state index contributed by atoms with van der Waals surface area (Å²) in [6.07, 6.45) is 3.57. The summed E-state index contributed by atoms with van der Waals surface area (Å²) in [6, 6.07) is 14.8. The Morgan fingerprint density at radius 1 is 1.15 bits per heavy atom. The fraction of sp³-hybridized carbons (Fsp3) is 0.0625. The van der Waals surface area contributed by atoms with E-state index in [0.717, 1.165) is 17.1 Å². The topological polar surface area (TPSA) is 41.8 Å². The van der Waals surface area contributed by atoms with Gasteiger partial charge in [0.1, 0.15) is 11.5 Å². The molecule has 2 aromatic rings. The molecule has 20 heavy (non-hydrogen) atoms. The lowest BCUT2D eigenvalue weighted by molar-refractivity contribution is 0.319. The minimum atomic E-state index is 0.536. The van der Waals surface area contributed by atoms with E-state index in [-0.39, 0.29) is 0 Å².